The van der Waals surface area contributed by atoms with E-state index in [1.54, 1.807) is 38.1 Å². The smallest absolute Gasteiger partial charge is 0.434 e. The van der Waals surface area contributed by atoms with Crippen molar-refractivity contribution >= 4 is 17.2 Å². The number of nitrogens with zero attached hydrogens (tertiary/aromatic N) is 1. The highest BCUT2D eigenvalue weighted by Gasteiger charge is 2.09. The molecule has 0 atom stereocenters. The molecule has 22 heavy (non-hydrogen) atoms. The summed E-state index contributed by atoms with van der Waals surface area (Å²) in [5.41, 5.74) is -0.0635. The predicted octanol–water partition coefficient (Wildman–Crippen LogP) is 1.64. The molecule has 0 bridgehead atoms. The molecule has 7 nitrogen and oxygen atoms in total. The SMILES string of the molecule is CC(C)OC(=O)OCCCn1c(=O)c(=O)[nH]c2ccccc21. The van der Waals surface area contributed by atoms with Gasteiger partial charge in [-0.15, -0.1) is 0 Å². The van der Waals surface area contributed by atoms with E-state index in [1.807, 2.05) is 0 Å². The molecule has 0 aliphatic heterocycles. The average Bonchev–Trinajstić information content (AvgIpc) is 2.46. The van der Waals surface area contributed by atoms with Gasteiger partial charge in [-0.25, -0.2) is 4.79 Å². The maximum atomic E-state index is 11.9. The second-order valence-corrected chi connectivity index (χ2v) is 5.05. The Labute approximate surface area is 126 Å². The van der Waals surface area contributed by atoms with Crippen LogP contribution in [0.4, 0.5) is 4.79 Å². The lowest BCUT2D eigenvalue weighted by Crippen LogP contribution is -2.36. The molecular weight excluding hydrogens is 288 g/mol. The van der Waals surface area contributed by atoms with Gasteiger partial charge >= 0.3 is 17.3 Å². The molecule has 0 saturated carbocycles. The molecule has 1 heterocycles. The van der Waals surface area contributed by atoms with Gasteiger partial charge in [0.1, 0.15) is 0 Å². The lowest BCUT2D eigenvalue weighted by atomic mass is 10.3. The van der Waals surface area contributed by atoms with Crippen LogP contribution in [-0.4, -0.2) is 28.4 Å². The van der Waals surface area contributed by atoms with Crippen LogP contribution in [0.3, 0.4) is 0 Å². The van der Waals surface area contributed by atoms with Gasteiger partial charge in [0.15, 0.2) is 0 Å². The number of carbonyl (C=O) groups is 1. The van der Waals surface area contributed by atoms with Crippen LogP contribution in [-0.2, 0) is 16.0 Å². The van der Waals surface area contributed by atoms with Gasteiger partial charge in [-0.1, -0.05) is 12.1 Å². The van der Waals surface area contributed by atoms with Crippen molar-refractivity contribution < 1.29 is 14.3 Å². The van der Waals surface area contributed by atoms with E-state index in [0.29, 0.717) is 17.5 Å². The molecule has 1 aromatic heterocycles. The minimum absolute atomic E-state index is 0.110. The third-order valence-electron chi connectivity index (χ3n) is 2.96. The number of nitrogens with one attached hydrogen (secondary N) is 1. The summed E-state index contributed by atoms with van der Waals surface area (Å²) in [6.07, 6.45) is -0.578. The Morgan fingerprint density at radius 2 is 2.00 bits per heavy atom. The van der Waals surface area contributed by atoms with Gasteiger partial charge in [0.05, 0.1) is 23.7 Å². The van der Waals surface area contributed by atoms with Crippen LogP contribution in [0.2, 0.25) is 0 Å². The van der Waals surface area contributed by atoms with Crippen LogP contribution in [0.15, 0.2) is 33.9 Å². The number of ether oxygens (including phenoxy) is 2. The van der Waals surface area contributed by atoms with Crippen molar-refractivity contribution in [2.24, 2.45) is 0 Å². The molecule has 0 amide bonds. The molecule has 0 radical (unpaired) electrons. The summed E-state index contributed by atoms with van der Waals surface area (Å²) in [7, 11) is 0. The van der Waals surface area contributed by atoms with Crippen molar-refractivity contribution in [3.05, 3.63) is 45.0 Å². The van der Waals surface area contributed by atoms with E-state index < -0.39 is 17.3 Å². The van der Waals surface area contributed by atoms with Crippen molar-refractivity contribution in [2.75, 3.05) is 6.61 Å². The summed E-state index contributed by atoms with van der Waals surface area (Å²) in [5.74, 6) is 0. The maximum Gasteiger partial charge on any atom is 0.508 e. The molecule has 0 aliphatic rings. The van der Waals surface area contributed by atoms with Gasteiger partial charge in [-0.3, -0.25) is 9.59 Å². The van der Waals surface area contributed by atoms with Gasteiger partial charge in [0.25, 0.3) is 0 Å². The van der Waals surface area contributed by atoms with E-state index >= 15 is 0 Å². The average molecular weight is 306 g/mol. The molecule has 0 fully saturated rings. The fourth-order valence-electron chi connectivity index (χ4n) is 2.05. The number of carbonyl (C=O) groups excluding carboxylic acids is 1. The zero-order valence-electron chi connectivity index (χ0n) is 12.5. The zero-order valence-corrected chi connectivity index (χ0v) is 12.5. The largest absolute Gasteiger partial charge is 0.508 e. The standard InChI is InChI=1S/C15H18N2O5/c1-10(2)22-15(20)21-9-5-8-17-12-7-4-3-6-11(12)16-13(18)14(17)19/h3-4,6-7,10H,5,8-9H2,1-2H3,(H,16,18). The predicted molar refractivity (Wildman–Crippen MR) is 81.0 cm³/mol. The fraction of sp³-hybridized carbons (Fsp3) is 0.400. The molecule has 1 aromatic carbocycles. The van der Waals surface area contributed by atoms with Gasteiger partial charge in [-0.05, 0) is 32.4 Å². The van der Waals surface area contributed by atoms with E-state index in [4.69, 9.17) is 9.47 Å². The number of aryl methyl sites for hydroxylation is 1. The molecule has 0 saturated heterocycles. The number of aromatic amines is 1. The van der Waals surface area contributed by atoms with Gasteiger partial charge in [0.2, 0.25) is 0 Å². The lowest BCUT2D eigenvalue weighted by Gasteiger charge is -2.10. The second-order valence-electron chi connectivity index (χ2n) is 5.05. The van der Waals surface area contributed by atoms with Gasteiger partial charge < -0.3 is 19.0 Å². The van der Waals surface area contributed by atoms with Crippen LogP contribution < -0.4 is 11.1 Å². The first kappa shape index (κ1) is 15.8. The number of rotatable bonds is 5. The highest BCUT2D eigenvalue weighted by Crippen LogP contribution is 2.07. The number of aromatic nitrogens is 2. The first-order valence-electron chi connectivity index (χ1n) is 7.04. The summed E-state index contributed by atoms with van der Waals surface area (Å²) in [6.45, 7) is 3.84. The van der Waals surface area contributed by atoms with Gasteiger partial charge in [0, 0.05) is 6.54 Å². The molecule has 118 valence electrons. The van der Waals surface area contributed by atoms with Crippen LogP contribution in [0, 0.1) is 0 Å². The zero-order chi connectivity index (χ0) is 16.1. The third kappa shape index (κ3) is 3.75. The van der Waals surface area contributed by atoms with Gasteiger partial charge in [-0.2, -0.15) is 0 Å². The summed E-state index contributed by atoms with van der Waals surface area (Å²) < 4.78 is 11.1. The van der Waals surface area contributed by atoms with Crippen molar-refractivity contribution in [3.8, 4) is 0 Å². The van der Waals surface area contributed by atoms with Crippen molar-refractivity contribution in [2.45, 2.75) is 32.9 Å². The summed E-state index contributed by atoms with van der Waals surface area (Å²) in [5, 5.41) is 0. The Balaban J connectivity index is 2.06. The molecular formula is C15H18N2O5. The first-order valence-corrected chi connectivity index (χ1v) is 7.04. The first-order chi connectivity index (χ1) is 10.5. The minimum Gasteiger partial charge on any atom is -0.434 e. The van der Waals surface area contributed by atoms with E-state index in [2.05, 4.69) is 4.98 Å². The topological polar surface area (TPSA) is 90.4 Å². The van der Waals surface area contributed by atoms with Crippen LogP contribution >= 0.6 is 0 Å². The van der Waals surface area contributed by atoms with Crippen molar-refractivity contribution in [1.29, 1.82) is 0 Å². The molecule has 1 N–H and O–H groups in total. The molecule has 0 spiro atoms. The van der Waals surface area contributed by atoms with Crippen LogP contribution in [0.25, 0.3) is 11.0 Å². The summed E-state index contributed by atoms with van der Waals surface area (Å²) >= 11 is 0. The van der Waals surface area contributed by atoms with E-state index in [0.717, 1.165) is 0 Å². The minimum atomic E-state index is -0.738. The number of H-pyrrole nitrogens is 1. The Morgan fingerprint density at radius 3 is 2.73 bits per heavy atom. The quantitative estimate of drug-likeness (QED) is 0.515. The Bertz CT molecular complexity index is 775. The normalized spacial score (nSPS) is 10.9. The number of hydrogen-bond donors (Lipinski definition) is 1. The molecule has 0 unspecified atom stereocenters. The Hall–Kier alpha value is -2.57. The summed E-state index contributed by atoms with van der Waals surface area (Å²) in [6, 6.07) is 7.04. The highest BCUT2D eigenvalue weighted by atomic mass is 16.7. The van der Waals surface area contributed by atoms with Crippen LogP contribution in [0.5, 0.6) is 0 Å². The summed E-state index contributed by atoms with van der Waals surface area (Å²) in [4.78, 5) is 37.3. The van der Waals surface area contributed by atoms with Crippen molar-refractivity contribution in [1.82, 2.24) is 9.55 Å². The monoisotopic (exact) mass is 306 g/mol. The molecule has 2 aromatic rings. The fourth-order valence-corrected chi connectivity index (χ4v) is 2.05. The van der Waals surface area contributed by atoms with Crippen LogP contribution in [0.1, 0.15) is 20.3 Å². The van der Waals surface area contributed by atoms with E-state index in [9.17, 15) is 14.4 Å². The lowest BCUT2D eigenvalue weighted by molar-refractivity contribution is 0.0334. The second kappa shape index (κ2) is 6.93. The Kier molecular flexibility index (Phi) is 4.98. The highest BCUT2D eigenvalue weighted by molar-refractivity contribution is 5.74. The molecule has 0 aliphatic carbocycles. The number of hydrogen-bond acceptors (Lipinski definition) is 5. The van der Waals surface area contributed by atoms with E-state index in [1.165, 1.54) is 4.57 Å². The van der Waals surface area contributed by atoms with Crippen molar-refractivity contribution in [3.63, 3.8) is 0 Å². The Morgan fingerprint density at radius 1 is 1.27 bits per heavy atom. The molecule has 2 rings (SSSR count). The number of benzene rings is 1. The number of fused-ring (bicyclic) bond motifs is 1. The van der Waals surface area contributed by atoms with E-state index in [-0.39, 0.29) is 19.3 Å². The third-order valence-corrected chi connectivity index (χ3v) is 2.96. The number of para-hydroxylation sites is 2. The maximum absolute atomic E-state index is 11.9. The molecule has 7 heteroatoms.